The molecule has 0 aliphatic carbocycles. The summed E-state index contributed by atoms with van der Waals surface area (Å²) in [7, 11) is 0. The topological polar surface area (TPSA) is 17.1 Å². The van der Waals surface area contributed by atoms with Crippen LogP contribution in [0.1, 0.15) is 11.8 Å². The Morgan fingerprint density at radius 2 is 2.44 bits per heavy atom. The Hall–Kier alpha value is 0.660. The molecule has 1 heterocycles. The summed E-state index contributed by atoms with van der Waals surface area (Å²) in [4.78, 5) is 9.97. The third-order valence-corrected chi connectivity index (χ3v) is 1.83. The SMILES string of the molecule is O=Cc1csc(Cl)c1.[H-].[Na+]. The summed E-state index contributed by atoms with van der Waals surface area (Å²) < 4.78 is 0.659. The predicted molar refractivity (Wildman–Crippen MR) is 35.8 cm³/mol. The van der Waals surface area contributed by atoms with Gasteiger partial charge in [-0.1, -0.05) is 11.6 Å². The first-order valence-electron chi connectivity index (χ1n) is 2.02. The van der Waals surface area contributed by atoms with E-state index in [1.54, 1.807) is 11.4 Å². The van der Waals surface area contributed by atoms with Gasteiger partial charge < -0.3 is 1.43 Å². The van der Waals surface area contributed by atoms with Gasteiger partial charge in [0.15, 0.2) is 6.29 Å². The maximum absolute atomic E-state index is 9.97. The summed E-state index contributed by atoms with van der Waals surface area (Å²) in [6.45, 7) is 0. The molecule has 0 atom stereocenters. The summed E-state index contributed by atoms with van der Waals surface area (Å²) in [5.74, 6) is 0. The van der Waals surface area contributed by atoms with Crippen molar-refractivity contribution in [2.24, 2.45) is 0 Å². The molecule has 0 amide bonds. The van der Waals surface area contributed by atoms with Crippen LogP contribution in [-0.4, -0.2) is 6.29 Å². The van der Waals surface area contributed by atoms with Crippen molar-refractivity contribution in [1.82, 2.24) is 0 Å². The number of hydrogen-bond donors (Lipinski definition) is 0. The Morgan fingerprint density at radius 3 is 2.67 bits per heavy atom. The molecule has 0 radical (unpaired) electrons. The van der Waals surface area contributed by atoms with Gasteiger partial charge in [-0.3, -0.25) is 4.79 Å². The van der Waals surface area contributed by atoms with Crippen molar-refractivity contribution < 1.29 is 35.8 Å². The van der Waals surface area contributed by atoms with E-state index in [2.05, 4.69) is 0 Å². The Labute approximate surface area is 85.8 Å². The van der Waals surface area contributed by atoms with Crippen LogP contribution in [0.2, 0.25) is 4.34 Å². The zero-order valence-electron chi connectivity index (χ0n) is 5.93. The minimum absolute atomic E-state index is 0. The summed E-state index contributed by atoms with van der Waals surface area (Å²) in [5, 5.41) is 1.72. The van der Waals surface area contributed by atoms with E-state index < -0.39 is 0 Å². The van der Waals surface area contributed by atoms with Gasteiger partial charge in [-0.2, -0.15) is 0 Å². The van der Waals surface area contributed by atoms with E-state index >= 15 is 0 Å². The van der Waals surface area contributed by atoms with Gasteiger partial charge in [0.2, 0.25) is 0 Å². The van der Waals surface area contributed by atoms with Crippen LogP contribution in [0.25, 0.3) is 0 Å². The summed E-state index contributed by atoms with van der Waals surface area (Å²) >= 11 is 6.86. The van der Waals surface area contributed by atoms with Crippen LogP contribution in [-0.2, 0) is 0 Å². The molecule has 9 heavy (non-hydrogen) atoms. The number of hydrogen-bond acceptors (Lipinski definition) is 2. The van der Waals surface area contributed by atoms with E-state index in [0.717, 1.165) is 6.29 Å². The number of rotatable bonds is 1. The molecule has 0 aromatic carbocycles. The van der Waals surface area contributed by atoms with Gasteiger partial charge in [0.1, 0.15) is 0 Å². The van der Waals surface area contributed by atoms with Crippen LogP contribution in [0.3, 0.4) is 0 Å². The molecule has 0 spiro atoms. The number of carbonyl (C=O) groups excluding carboxylic acids is 1. The first kappa shape index (κ1) is 9.66. The molecule has 1 aromatic rings. The second kappa shape index (κ2) is 4.47. The van der Waals surface area contributed by atoms with Gasteiger partial charge in [0.25, 0.3) is 0 Å². The van der Waals surface area contributed by atoms with Crippen molar-refractivity contribution in [2.45, 2.75) is 0 Å². The largest absolute Gasteiger partial charge is 1.00 e. The Bertz CT molecular complexity index is 203. The molecule has 0 fully saturated rings. The predicted octanol–water partition coefficient (Wildman–Crippen LogP) is -0.669. The standard InChI is InChI=1S/C5H3ClOS.Na.H/c6-5-1-4(2-7)3-8-5;;/h1-3H;;/q;+1;-1. The zero-order valence-corrected chi connectivity index (χ0v) is 8.50. The van der Waals surface area contributed by atoms with E-state index in [1.807, 2.05) is 0 Å². The van der Waals surface area contributed by atoms with Crippen LogP contribution in [0.4, 0.5) is 0 Å². The Morgan fingerprint density at radius 1 is 1.78 bits per heavy atom. The molecule has 1 aromatic heterocycles. The summed E-state index contributed by atoms with van der Waals surface area (Å²) in [5.41, 5.74) is 0.653. The first-order valence-corrected chi connectivity index (χ1v) is 3.28. The minimum Gasteiger partial charge on any atom is -1.00 e. The molecule has 1 rings (SSSR count). The van der Waals surface area contributed by atoms with E-state index in [9.17, 15) is 4.79 Å². The molecule has 0 saturated heterocycles. The van der Waals surface area contributed by atoms with Crippen molar-refractivity contribution in [3.63, 3.8) is 0 Å². The normalized spacial score (nSPS) is 8.11. The van der Waals surface area contributed by atoms with Crippen molar-refractivity contribution in [2.75, 3.05) is 0 Å². The number of carbonyl (C=O) groups is 1. The van der Waals surface area contributed by atoms with Crippen molar-refractivity contribution in [1.29, 1.82) is 0 Å². The Kier molecular flexibility index (Phi) is 4.80. The van der Waals surface area contributed by atoms with E-state index in [-0.39, 0.29) is 31.0 Å². The second-order valence-corrected chi connectivity index (χ2v) is 2.84. The molecule has 0 saturated carbocycles. The molecule has 0 unspecified atom stereocenters. The molecule has 0 N–H and O–H groups in total. The van der Waals surface area contributed by atoms with Gasteiger partial charge in [-0.15, -0.1) is 11.3 Å². The Balaban J connectivity index is 0. The smallest absolute Gasteiger partial charge is 1.00 e. The van der Waals surface area contributed by atoms with Crippen molar-refractivity contribution in [3.05, 3.63) is 21.3 Å². The maximum Gasteiger partial charge on any atom is 1.00 e. The van der Waals surface area contributed by atoms with E-state index in [4.69, 9.17) is 11.6 Å². The molecule has 0 bridgehead atoms. The monoisotopic (exact) mass is 170 g/mol. The fraction of sp³-hybridized carbons (Fsp3) is 0. The fourth-order valence-electron chi connectivity index (χ4n) is 0.385. The number of halogens is 1. The maximum atomic E-state index is 9.97. The van der Waals surface area contributed by atoms with Gasteiger partial charge in [0, 0.05) is 10.9 Å². The van der Waals surface area contributed by atoms with Gasteiger partial charge in [-0.05, 0) is 6.07 Å². The average molecular weight is 171 g/mol. The molecular weight excluding hydrogens is 167 g/mol. The number of thiophene rings is 1. The van der Waals surface area contributed by atoms with Crippen LogP contribution < -0.4 is 29.6 Å². The fourth-order valence-corrected chi connectivity index (χ4v) is 1.22. The minimum atomic E-state index is 0. The van der Waals surface area contributed by atoms with Crippen molar-refractivity contribution in [3.8, 4) is 0 Å². The van der Waals surface area contributed by atoms with Gasteiger partial charge in [0.05, 0.1) is 4.34 Å². The van der Waals surface area contributed by atoms with Gasteiger partial charge >= 0.3 is 29.6 Å². The molecule has 1 nitrogen and oxygen atoms in total. The van der Waals surface area contributed by atoms with Crippen LogP contribution >= 0.6 is 22.9 Å². The third-order valence-electron chi connectivity index (χ3n) is 0.724. The van der Waals surface area contributed by atoms with Gasteiger partial charge in [-0.25, -0.2) is 0 Å². The zero-order chi connectivity index (χ0) is 5.98. The van der Waals surface area contributed by atoms with Crippen LogP contribution in [0, 0.1) is 0 Å². The summed E-state index contributed by atoms with van der Waals surface area (Å²) in [6, 6.07) is 1.64. The average Bonchev–Trinajstić information content (AvgIpc) is 2.14. The third kappa shape index (κ3) is 2.83. The molecular formula is C5H4ClNaOS. The van der Waals surface area contributed by atoms with Crippen molar-refractivity contribution >= 4 is 29.2 Å². The summed E-state index contributed by atoms with van der Waals surface area (Å²) in [6.07, 6.45) is 0.780. The first-order chi connectivity index (χ1) is 3.83. The van der Waals surface area contributed by atoms with Crippen LogP contribution in [0.15, 0.2) is 11.4 Å². The van der Waals surface area contributed by atoms with E-state index in [1.165, 1.54) is 11.3 Å². The molecule has 0 aliphatic heterocycles. The molecule has 0 aliphatic rings. The number of aldehydes is 1. The molecule has 4 heteroatoms. The molecule has 44 valence electrons. The van der Waals surface area contributed by atoms with Crippen LogP contribution in [0.5, 0.6) is 0 Å². The quantitative estimate of drug-likeness (QED) is 0.404. The van der Waals surface area contributed by atoms with E-state index in [0.29, 0.717) is 9.90 Å². The second-order valence-electron chi connectivity index (χ2n) is 1.30.